The molecule has 0 aliphatic rings. The van der Waals surface area contributed by atoms with Crippen LogP contribution < -0.4 is 0 Å². The number of rotatable bonds is 3. The average Bonchev–Trinajstić information content (AvgIpc) is 2.59. The summed E-state index contributed by atoms with van der Waals surface area (Å²) in [6.07, 6.45) is 0.922. The van der Waals surface area contributed by atoms with Crippen LogP contribution in [0.5, 0.6) is 0 Å². The lowest BCUT2D eigenvalue weighted by molar-refractivity contribution is -0.140. The molecule has 1 heterocycles. The molecule has 3 heteroatoms. The van der Waals surface area contributed by atoms with Gasteiger partial charge in [0.05, 0.1) is 0 Å². The van der Waals surface area contributed by atoms with Crippen molar-refractivity contribution < 1.29 is 9.90 Å². The zero-order chi connectivity index (χ0) is 12.6. The van der Waals surface area contributed by atoms with Crippen molar-refractivity contribution in [1.29, 1.82) is 0 Å². The predicted octanol–water partition coefficient (Wildman–Crippen LogP) is 3.16. The van der Waals surface area contributed by atoms with E-state index in [4.69, 9.17) is 0 Å². The van der Waals surface area contributed by atoms with Crippen LogP contribution in [0.3, 0.4) is 0 Å². The molecular weight excluding hydrogens is 214 g/mol. The Morgan fingerprint density at radius 1 is 1.41 bits per heavy atom. The summed E-state index contributed by atoms with van der Waals surface area (Å²) < 4.78 is 1.91. The Morgan fingerprint density at radius 2 is 2.06 bits per heavy atom. The van der Waals surface area contributed by atoms with Crippen LogP contribution >= 0.6 is 0 Å². The molecule has 1 atom stereocenters. The SMILES string of the molecule is CCc1c(C)n(C(C)C(=O)O)c2ccccc12. The van der Waals surface area contributed by atoms with Crippen LogP contribution in [0.2, 0.25) is 0 Å². The first kappa shape index (κ1) is 11.7. The molecule has 3 nitrogen and oxygen atoms in total. The Labute approximate surface area is 101 Å². The predicted molar refractivity (Wildman–Crippen MR) is 68.4 cm³/mol. The van der Waals surface area contributed by atoms with Gasteiger partial charge in [0.2, 0.25) is 0 Å². The molecule has 0 saturated carbocycles. The molecule has 1 aromatic heterocycles. The van der Waals surface area contributed by atoms with E-state index in [0.717, 1.165) is 17.6 Å². The van der Waals surface area contributed by atoms with Crippen LogP contribution in [0, 0.1) is 6.92 Å². The minimum atomic E-state index is -0.795. The summed E-state index contributed by atoms with van der Waals surface area (Å²) in [6.45, 7) is 5.82. The van der Waals surface area contributed by atoms with Gasteiger partial charge in [0, 0.05) is 16.6 Å². The lowest BCUT2D eigenvalue weighted by Gasteiger charge is -2.13. The zero-order valence-electron chi connectivity index (χ0n) is 10.4. The van der Waals surface area contributed by atoms with Crippen LogP contribution in [0.25, 0.3) is 10.9 Å². The number of aryl methyl sites for hydroxylation is 1. The smallest absolute Gasteiger partial charge is 0.326 e. The fourth-order valence-electron chi connectivity index (χ4n) is 2.52. The monoisotopic (exact) mass is 231 g/mol. The second-order valence-electron chi connectivity index (χ2n) is 4.32. The van der Waals surface area contributed by atoms with E-state index in [9.17, 15) is 9.90 Å². The molecule has 2 aromatic rings. The molecule has 17 heavy (non-hydrogen) atoms. The van der Waals surface area contributed by atoms with Gasteiger partial charge in [0.15, 0.2) is 0 Å². The van der Waals surface area contributed by atoms with Crippen molar-refractivity contribution in [3.05, 3.63) is 35.5 Å². The van der Waals surface area contributed by atoms with Crippen molar-refractivity contribution in [2.24, 2.45) is 0 Å². The lowest BCUT2D eigenvalue weighted by atomic mass is 10.1. The van der Waals surface area contributed by atoms with Crippen molar-refractivity contribution in [3.8, 4) is 0 Å². The summed E-state index contributed by atoms with van der Waals surface area (Å²) >= 11 is 0. The molecule has 0 bridgehead atoms. The molecule has 1 unspecified atom stereocenters. The Morgan fingerprint density at radius 3 is 2.65 bits per heavy atom. The van der Waals surface area contributed by atoms with E-state index in [0.29, 0.717) is 0 Å². The highest BCUT2D eigenvalue weighted by Gasteiger charge is 2.20. The fraction of sp³-hybridized carbons (Fsp3) is 0.357. The molecule has 0 fully saturated rings. The third-order valence-electron chi connectivity index (χ3n) is 3.39. The van der Waals surface area contributed by atoms with Crippen molar-refractivity contribution in [2.45, 2.75) is 33.2 Å². The third kappa shape index (κ3) is 1.71. The first-order valence-electron chi connectivity index (χ1n) is 5.89. The van der Waals surface area contributed by atoms with E-state index in [2.05, 4.69) is 13.0 Å². The maximum absolute atomic E-state index is 11.2. The second kappa shape index (κ2) is 4.24. The summed E-state index contributed by atoms with van der Waals surface area (Å²) in [6, 6.07) is 7.47. The second-order valence-corrected chi connectivity index (χ2v) is 4.32. The van der Waals surface area contributed by atoms with E-state index in [1.54, 1.807) is 6.92 Å². The highest BCUT2D eigenvalue weighted by atomic mass is 16.4. The van der Waals surface area contributed by atoms with Gasteiger partial charge in [-0.1, -0.05) is 25.1 Å². The quantitative estimate of drug-likeness (QED) is 0.881. The average molecular weight is 231 g/mol. The topological polar surface area (TPSA) is 42.2 Å². The summed E-state index contributed by atoms with van der Waals surface area (Å²) in [5.74, 6) is -0.795. The third-order valence-corrected chi connectivity index (χ3v) is 3.39. The van der Waals surface area contributed by atoms with Crippen molar-refractivity contribution in [1.82, 2.24) is 4.57 Å². The molecule has 0 spiro atoms. The van der Waals surface area contributed by atoms with Gasteiger partial charge in [-0.15, -0.1) is 0 Å². The minimum Gasteiger partial charge on any atom is -0.480 e. The Hall–Kier alpha value is -1.77. The van der Waals surface area contributed by atoms with Gasteiger partial charge in [0.1, 0.15) is 6.04 Å². The number of fused-ring (bicyclic) bond motifs is 1. The molecule has 0 amide bonds. The minimum absolute atomic E-state index is 0.528. The Bertz CT molecular complexity index is 569. The number of hydrogen-bond acceptors (Lipinski definition) is 1. The molecule has 0 saturated heterocycles. The van der Waals surface area contributed by atoms with Crippen molar-refractivity contribution in [2.75, 3.05) is 0 Å². The van der Waals surface area contributed by atoms with Gasteiger partial charge in [0.25, 0.3) is 0 Å². The van der Waals surface area contributed by atoms with Gasteiger partial charge in [-0.05, 0) is 31.9 Å². The van der Waals surface area contributed by atoms with Gasteiger partial charge in [-0.2, -0.15) is 0 Å². The molecular formula is C14H17NO2. The van der Waals surface area contributed by atoms with Crippen LogP contribution in [-0.4, -0.2) is 15.6 Å². The van der Waals surface area contributed by atoms with Gasteiger partial charge < -0.3 is 9.67 Å². The molecule has 90 valence electrons. The number of para-hydroxylation sites is 1. The highest BCUT2D eigenvalue weighted by molar-refractivity contribution is 5.87. The van der Waals surface area contributed by atoms with E-state index in [1.807, 2.05) is 29.7 Å². The number of benzene rings is 1. The van der Waals surface area contributed by atoms with Gasteiger partial charge in [-0.3, -0.25) is 0 Å². The van der Waals surface area contributed by atoms with Gasteiger partial charge >= 0.3 is 5.97 Å². The van der Waals surface area contributed by atoms with E-state index in [1.165, 1.54) is 10.9 Å². The van der Waals surface area contributed by atoms with E-state index < -0.39 is 12.0 Å². The van der Waals surface area contributed by atoms with Crippen LogP contribution in [0.15, 0.2) is 24.3 Å². The number of carbonyl (C=O) groups is 1. The molecule has 0 aliphatic heterocycles. The number of nitrogens with zero attached hydrogens (tertiary/aromatic N) is 1. The highest BCUT2D eigenvalue weighted by Crippen LogP contribution is 2.29. The Kier molecular flexibility index (Phi) is 2.92. The molecule has 0 radical (unpaired) electrons. The molecule has 2 rings (SSSR count). The largest absolute Gasteiger partial charge is 0.480 e. The summed E-state index contributed by atoms with van der Waals surface area (Å²) in [5.41, 5.74) is 3.31. The number of carboxylic acids is 1. The van der Waals surface area contributed by atoms with Crippen molar-refractivity contribution >= 4 is 16.9 Å². The standard InChI is InChI=1S/C14H17NO2/c1-4-11-9(2)15(10(3)14(16)17)13-8-6-5-7-12(11)13/h5-8,10H,4H2,1-3H3,(H,16,17). The van der Waals surface area contributed by atoms with Gasteiger partial charge in [-0.25, -0.2) is 4.79 Å². The van der Waals surface area contributed by atoms with Crippen LogP contribution in [0.4, 0.5) is 0 Å². The summed E-state index contributed by atoms with van der Waals surface area (Å²) in [4.78, 5) is 11.2. The molecule has 1 aromatic carbocycles. The maximum Gasteiger partial charge on any atom is 0.326 e. The fourth-order valence-corrected chi connectivity index (χ4v) is 2.52. The zero-order valence-corrected chi connectivity index (χ0v) is 10.4. The van der Waals surface area contributed by atoms with Crippen LogP contribution in [-0.2, 0) is 11.2 Å². The number of hydrogen-bond donors (Lipinski definition) is 1. The van der Waals surface area contributed by atoms with Crippen LogP contribution in [0.1, 0.15) is 31.1 Å². The number of aliphatic carboxylic acids is 1. The van der Waals surface area contributed by atoms with Crippen molar-refractivity contribution in [3.63, 3.8) is 0 Å². The van der Waals surface area contributed by atoms with E-state index >= 15 is 0 Å². The first-order chi connectivity index (χ1) is 8.07. The Balaban J connectivity index is 2.78. The normalized spacial score (nSPS) is 12.9. The first-order valence-corrected chi connectivity index (χ1v) is 5.89. The summed E-state index contributed by atoms with van der Waals surface area (Å²) in [7, 11) is 0. The number of carboxylic acid groups (broad SMARTS) is 1. The lowest BCUT2D eigenvalue weighted by Crippen LogP contribution is -2.16. The molecule has 0 aliphatic carbocycles. The summed E-state index contributed by atoms with van der Waals surface area (Å²) in [5, 5.41) is 10.3. The number of aromatic nitrogens is 1. The molecule has 1 N–H and O–H groups in total. The van der Waals surface area contributed by atoms with E-state index in [-0.39, 0.29) is 0 Å². The maximum atomic E-state index is 11.2.